The number of nitrogens with zero attached hydrogens (tertiary/aromatic N) is 1. The Morgan fingerprint density at radius 2 is 1.33 bits per heavy atom. The number of phosphoric acid groups is 1. The molecule has 0 aliphatic carbocycles. The van der Waals surface area contributed by atoms with Crippen molar-refractivity contribution in [3.05, 3.63) is 0 Å². The van der Waals surface area contributed by atoms with Gasteiger partial charge in [-0.25, -0.2) is 0 Å². The van der Waals surface area contributed by atoms with Crippen LogP contribution in [0.3, 0.4) is 0 Å². The summed E-state index contributed by atoms with van der Waals surface area (Å²) in [6.07, 6.45) is 5.61. The van der Waals surface area contributed by atoms with Gasteiger partial charge in [-0.05, 0) is 33.6 Å². The summed E-state index contributed by atoms with van der Waals surface area (Å²) in [5, 5.41) is 0. The normalized spacial score (nSPS) is 11.9. The van der Waals surface area contributed by atoms with Crippen molar-refractivity contribution < 1.29 is 23.7 Å². The second kappa shape index (κ2) is 10.9. The first-order valence-corrected chi connectivity index (χ1v) is 8.39. The van der Waals surface area contributed by atoms with Crippen molar-refractivity contribution in [2.75, 3.05) is 26.2 Å². The van der Waals surface area contributed by atoms with Gasteiger partial charge in [-0.2, -0.15) is 0 Å². The van der Waals surface area contributed by atoms with Gasteiger partial charge >= 0.3 is 0 Å². The number of hydrogen-bond donors (Lipinski definition) is 2. The lowest BCUT2D eigenvalue weighted by atomic mass is 10.2. The fourth-order valence-corrected chi connectivity index (χ4v) is 2.02. The van der Waals surface area contributed by atoms with Crippen LogP contribution in [-0.4, -0.2) is 40.4 Å². The Morgan fingerprint density at radius 1 is 0.944 bits per heavy atom. The van der Waals surface area contributed by atoms with E-state index in [1.54, 1.807) is 0 Å². The van der Waals surface area contributed by atoms with Crippen molar-refractivity contribution in [1.29, 1.82) is 0 Å². The summed E-state index contributed by atoms with van der Waals surface area (Å²) in [7, 11) is -4.89. The predicted octanol–water partition coefficient (Wildman–Crippen LogP) is 1.88. The van der Waals surface area contributed by atoms with Crippen LogP contribution >= 0.6 is 7.82 Å². The maximum atomic E-state index is 8.77. The van der Waals surface area contributed by atoms with Crippen LogP contribution in [0.1, 0.15) is 53.4 Å². The average Bonchev–Trinajstić information content (AvgIpc) is 2.28. The SMILES string of the molecule is CCCCCC[N+](CC)(CC)CC.O=P([O-])(O)O. The zero-order valence-corrected chi connectivity index (χ0v) is 13.2. The third-order valence-electron chi connectivity index (χ3n) is 3.50. The first-order chi connectivity index (χ1) is 8.24. The van der Waals surface area contributed by atoms with Crippen LogP contribution in [0, 0.1) is 0 Å². The standard InChI is InChI=1S/C12H28N.H3O4P/c1-5-9-10-11-12-13(6-2,7-3)8-4;1-5(2,3)4/h5-12H2,1-4H3;(H3,1,2,3,4)/q+1;/p-1. The zero-order valence-electron chi connectivity index (χ0n) is 12.3. The molecule has 0 aromatic rings. The topological polar surface area (TPSA) is 80.6 Å². The van der Waals surface area contributed by atoms with E-state index in [-0.39, 0.29) is 0 Å². The molecule has 0 aliphatic heterocycles. The van der Waals surface area contributed by atoms with Crippen LogP contribution in [0.5, 0.6) is 0 Å². The molecular formula is C12H30NO4P. The van der Waals surface area contributed by atoms with Gasteiger partial charge in [0.15, 0.2) is 0 Å². The third-order valence-corrected chi connectivity index (χ3v) is 3.50. The van der Waals surface area contributed by atoms with Gasteiger partial charge in [0, 0.05) is 0 Å². The lowest BCUT2D eigenvalue weighted by Crippen LogP contribution is -2.48. The van der Waals surface area contributed by atoms with Crippen molar-refractivity contribution in [2.45, 2.75) is 53.4 Å². The minimum Gasteiger partial charge on any atom is -0.756 e. The van der Waals surface area contributed by atoms with Crippen LogP contribution in [0.2, 0.25) is 0 Å². The van der Waals surface area contributed by atoms with Gasteiger partial charge in [0.25, 0.3) is 7.82 Å². The van der Waals surface area contributed by atoms with Crippen molar-refractivity contribution in [3.8, 4) is 0 Å². The van der Waals surface area contributed by atoms with Crippen molar-refractivity contribution >= 4 is 7.82 Å². The van der Waals surface area contributed by atoms with E-state index in [4.69, 9.17) is 19.2 Å². The quantitative estimate of drug-likeness (QED) is 0.405. The third kappa shape index (κ3) is 14.1. The van der Waals surface area contributed by atoms with E-state index in [1.807, 2.05) is 0 Å². The molecule has 2 N–H and O–H groups in total. The molecule has 0 atom stereocenters. The number of unbranched alkanes of at least 4 members (excludes halogenated alkanes) is 3. The lowest BCUT2D eigenvalue weighted by Gasteiger charge is -2.35. The van der Waals surface area contributed by atoms with Gasteiger partial charge in [-0.1, -0.05) is 19.8 Å². The molecule has 0 heterocycles. The van der Waals surface area contributed by atoms with Crippen LogP contribution < -0.4 is 4.89 Å². The van der Waals surface area contributed by atoms with Gasteiger partial charge in [0.2, 0.25) is 0 Å². The fraction of sp³-hybridized carbons (Fsp3) is 1.00. The number of hydrogen-bond acceptors (Lipinski definition) is 2. The van der Waals surface area contributed by atoms with Crippen molar-refractivity contribution in [2.24, 2.45) is 0 Å². The highest BCUT2D eigenvalue weighted by Crippen LogP contribution is 2.19. The number of quaternary nitrogens is 1. The van der Waals surface area contributed by atoms with Crippen LogP contribution in [0.15, 0.2) is 0 Å². The van der Waals surface area contributed by atoms with E-state index in [9.17, 15) is 0 Å². The molecule has 0 saturated carbocycles. The Kier molecular flexibility index (Phi) is 12.4. The largest absolute Gasteiger partial charge is 0.756 e. The Labute approximate surface area is 112 Å². The summed E-state index contributed by atoms with van der Waals surface area (Å²) >= 11 is 0. The van der Waals surface area contributed by atoms with E-state index in [0.29, 0.717) is 0 Å². The Morgan fingerprint density at radius 3 is 1.61 bits per heavy atom. The molecule has 0 aliphatic rings. The Hall–Kier alpha value is 0.0700. The maximum Gasteiger partial charge on any atom is 0.262 e. The molecule has 0 rings (SSSR count). The second-order valence-corrected chi connectivity index (χ2v) is 5.55. The molecule has 0 amide bonds. The second-order valence-electron chi connectivity index (χ2n) is 4.57. The van der Waals surface area contributed by atoms with Gasteiger partial charge in [0.05, 0.1) is 26.2 Å². The highest BCUT2D eigenvalue weighted by molar-refractivity contribution is 7.43. The molecule has 0 radical (unpaired) electrons. The monoisotopic (exact) mass is 283 g/mol. The minimum absolute atomic E-state index is 1.30. The molecular weight excluding hydrogens is 253 g/mol. The molecule has 0 fully saturated rings. The van der Waals surface area contributed by atoms with Crippen molar-refractivity contribution in [3.63, 3.8) is 0 Å². The van der Waals surface area contributed by atoms with E-state index in [2.05, 4.69) is 27.7 Å². The maximum absolute atomic E-state index is 8.77. The lowest BCUT2D eigenvalue weighted by molar-refractivity contribution is -0.923. The fourth-order valence-electron chi connectivity index (χ4n) is 2.02. The molecule has 0 aromatic heterocycles. The van der Waals surface area contributed by atoms with Gasteiger partial charge in [-0.15, -0.1) is 0 Å². The van der Waals surface area contributed by atoms with E-state index >= 15 is 0 Å². The van der Waals surface area contributed by atoms with E-state index in [0.717, 1.165) is 0 Å². The summed E-state index contributed by atoms with van der Waals surface area (Å²) in [5.41, 5.74) is 0. The zero-order chi connectivity index (χ0) is 14.7. The molecule has 0 aromatic carbocycles. The predicted molar refractivity (Wildman–Crippen MR) is 72.9 cm³/mol. The average molecular weight is 283 g/mol. The summed E-state index contributed by atoms with van der Waals surface area (Å²) in [4.78, 5) is 22.9. The van der Waals surface area contributed by atoms with Crippen LogP contribution in [0.4, 0.5) is 0 Å². The molecule has 0 spiro atoms. The van der Waals surface area contributed by atoms with Gasteiger partial charge < -0.3 is 19.2 Å². The minimum atomic E-state index is -4.89. The highest BCUT2D eigenvalue weighted by atomic mass is 31.2. The molecule has 5 nitrogen and oxygen atoms in total. The summed E-state index contributed by atoms with van der Waals surface area (Å²) in [6, 6.07) is 0. The molecule has 0 bridgehead atoms. The smallest absolute Gasteiger partial charge is 0.262 e. The summed E-state index contributed by atoms with van der Waals surface area (Å²) < 4.78 is 10.1. The highest BCUT2D eigenvalue weighted by Gasteiger charge is 2.19. The van der Waals surface area contributed by atoms with Crippen LogP contribution in [-0.2, 0) is 4.57 Å². The molecule has 18 heavy (non-hydrogen) atoms. The molecule has 0 unspecified atom stereocenters. The molecule has 0 saturated heterocycles. The Balaban J connectivity index is 0. The van der Waals surface area contributed by atoms with E-state index < -0.39 is 7.82 Å². The number of rotatable bonds is 8. The Bertz CT molecular complexity index is 210. The first kappa shape index (κ1) is 20.4. The summed E-state index contributed by atoms with van der Waals surface area (Å²) in [6.45, 7) is 14.6. The van der Waals surface area contributed by atoms with Gasteiger partial charge in [0.1, 0.15) is 0 Å². The molecule has 112 valence electrons. The van der Waals surface area contributed by atoms with Crippen molar-refractivity contribution in [1.82, 2.24) is 0 Å². The van der Waals surface area contributed by atoms with Crippen LogP contribution in [0.25, 0.3) is 0 Å². The van der Waals surface area contributed by atoms with Gasteiger partial charge in [-0.3, -0.25) is 4.57 Å². The first-order valence-electron chi connectivity index (χ1n) is 6.86. The van der Waals surface area contributed by atoms with E-state index in [1.165, 1.54) is 56.3 Å². The molecule has 6 heteroatoms. The summed E-state index contributed by atoms with van der Waals surface area (Å²) in [5.74, 6) is 0.